The van der Waals surface area contributed by atoms with Crippen LogP contribution in [0.25, 0.3) is 0 Å². The Hall–Kier alpha value is -0.370. The zero-order valence-electron chi connectivity index (χ0n) is 9.21. The Morgan fingerprint density at radius 3 is 2.57 bits per heavy atom. The van der Waals surface area contributed by atoms with Gasteiger partial charge in [0.15, 0.2) is 5.78 Å². The van der Waals surface area contributed by atoms with Gasteiger partial charge in [-0.1, -0.05) is 32.6 Å². The molecule has 80 valence electrons. The second kappa shape index (κ2) is 3.65. The van der Waals surface area contributed by atoms with Crippen molar-refractivity contribution in [3.8, 4) is 0 Å². The predicted octanol–water partition coefficient (Wildman–Crippen LogP) is 2.56. The molecule has 0 spiro atoms. The number of rotatable bonds is 4. The van der Waals surface area contributed by atoms with E-state index in [1.165, 1.54) is 25.7 Å². The number of hydrogen-bond donors (Lipinski definition) is 0. The summed E-state index contributed by atoms with van der Waals surface area (Å²) in [5.41, 5.74) is -0.405. The number of Topliss-reactive ketones (excluding diaryl/α,β-unsaturated/α-hetero) is 1. The molecule has 1 heterocycles. The molecule has 0 aromatic heterocycles. The molecule has 2 fully saturated rings. The second-order valence-electron chi connectivity index (χ2n) is 5.17. The average Bonchev–Trinajstić information content (AvgIpc) is 2.71. The number of epoxide rings is 1. The van der Waals surface area contributed by atoms with Gasteiger partial charge in [0.1, 0.15) is 5.60 Å². The summed E-state index contributed by atoms with van der Waals surface area (Å²) in [6.45, 7) is 4.62. The molecule has 2 nitrogen and oxygen atoms in total. The maximum Gasteiger partial charge on any atom is 0.169 e. The first kappa shape index (κ1) is 10.2. The highest BCUT2D eigenvalue weighted by Crippen LogP contribution is 2.35. The van der Waals surface area contributed by atoms with Crippen molar-refractivity contribution in [3.63, 3.8) is 0 Å². The van der Waals surface area contributed by atoms with Crippen molar-refractivity contribution in [2.24, 2.45) is 11.8 Å². The van der Waals surface area contributed by atoms with Gasteiger partial charge in [-0.15, -0.1) is 0 Å². The van der Waals surface area contributed by atoms with Crippen molar-refractivity contribution in [1.29, 1.82) is 0 Å². The third-order valence-corrected chi connectivity index (χ3v) is 3.71. The fourth-order valence-electron chi connectivity index (χ4n) is 2.62. The van der Waals surface area contributed by atoms with Gasteiger partial charge in [-0.25, -0.2) is 0 Å². The molecule has 14 heavy (non-hydrogen) atoms. The molecule has 0 amide bonds. The Morgan fingerprint density at radius 1 is 1.50 bits per heavy atom. The molecule has 2 heteroatoms. The summed E-state index contributed by atoms with van der Waals surface area (Å²) in [5, 5.41) is 0. The molecule has 1 aliphatic heterocycles. The minimum absolute atomic E-state index is 0.200. The number of carbonyl (C=O) groups is 1. The molecule has 2 aliphatic rings. The van der Waals surface area contributed by atoms with Crippen LogP contribution >= 0.6 is 0 Å². The number of ether oxygens (including phenoxy) is 1. The summed E-state index contributed by atoms with van der Waals surface area (Å²) in [5.74, 6) is 1.33. The zero-order valence-corrected chi connectivity index (χ0v) is 9.21. The van der Waals surface area contributed by atoms with Crippen LogP contribution in [-0.2, 0) is 9.53 Å². The average molecular weight is 196 g/mol. The van der Waals surface area contributed by atoms with E-state index >= 15 is 0 Å². The summed E-state index contributed by atoms with van der Waals surface area (Å²) in [6, 6.07) is 0. The molecule has 2 atom stereocenters. The van der Waals surface area contributed by atoms with Gasteiger partial charge in [-0.05, 0) is 19.3 Å². The lowest BCUT2D eigenvalue weighted by atomic mass is 9.87. The van der Waals surface area contributed by atoms with Crippen molar-refractivity contribution in [2.75, 3.05) is 6.61 Å². The minimum Gasteiger partial charge on any atom is -0.362 e. The smallest absolute Gasteiger partial charge is 0.169 e. The van der Waals surface area contributed by atoms with E-state index in [-0.39, 0.29) is 5.92 Å². The van der Waals surface area contributed by atoms with Crippen molar-refractivity contribution < 1.29 is 9.53 Å². The molecule has 0 bridgehead atoms. The number of hydrogen-bond acceptors (Lipinski definition) is 2. The van der Waals surface area contributed by atoms with Crippen molar-refractivity contribution in [1.82, 2.24) is 0 Å². The first-order valence-electron chi connectivity index (χ1n) is 5.80. The Labute approximate surface area is 86.0 Å². The quantitative estimate of drug-likeness (QED) is 0.647. The zero-order chi connectivity index (χ0) is 10.2. The van der Waals surface area contributed by atoms with Gasteiger partial charge in [-0.2, -0.15) is 0 Å². The highest BCUT2D eigenvalue weighted by molar-refractivity contribution is 5.91. The van der Waals surface area contributed by atoms with E-state index in [0.29, 0.717) is 12.4 Å². The maximum atomic E-state index is 11.9. The van der Waals surface area contributed by atoms with Crippen LogP contribution in [0.15, 0.2) is 0 Å². The van der Waals surface area contributed by atoms with Crippen molar-refractivity contribution >= 4 is 5.78 Å². The highest BCUT2D eigenvalue weighted by Gasteiger charge is 2.48. The third-order valence-electron chi connectivity index (χ3n) is 3.71. The van der Waals surface area contributed by atoms with E-state index in [1.54, 1.807) is 0 Å². The lowest BCUT2D eigenvalue weighted by molar-refractivity contribution is -0.127. The van der Waals surface area contributed by atoms with Gasteiger partial charge < -0.3 is 4.74 Å². The molecule has 0 aromatic rings. The van der Waals surface area contributed by atoms with Gasteiger partial charge in [0.05, 0.1) is 6.61 Å². The van der Waals surface area contributed by atoms with Crippen LogP contribution in [0, 0.1) is 11.8 Å². The molecule has 0 aromatic carbocycles. The normalized spacial score (nSPS) is 34.4. The Balaban J connectivity index is 1.82. The van der Waals surface area contributed by atoms with Gasteiger partial charge in [-0.3, -0.25) is 4.79 Å². The van der Waals surface area contributed by atoms with E-state index in [2.05, 4.69) is 6.92 Å². The first-order chi connectivity index (χ1) is 6.62. The highest BCUT2D eigenvalue weighted by atomic mass is 16.6. The van der Waals surface area contributed by atoms with E-state index < -0.39 is 5.60 Å². The van der Waals surface area contributed by atoms with Crippen LogP contribution < -0.4 is 0 Å². The summed E-state index contributed by atoms with van der Waals surface area (Å²) in [6.07, 6.45) is 6.46. The third kappa shape index (κ3) is 2.00. The largest absolute Gasteiger partial charge is 0.362 e. The van der Waals surface area contributed by atoms with Gasteiger partial charge in [0, 0.05) is 5.92 Å². The van der Waals surface area contributed by atoms with E-state index in [1.807, 2.05) is 6.92 Å². The summed E-state index contributed by atoms with van der Waals surface area (Å²) < 4.78 is 5.19. The van der Waals surface area contributed by atoms with Gasteiger partial charge in [0.2, 0.25) is 0 Å². The summed E-state index contributed by atoms with van der Waals surface area (Å²) in [4.78, 5) is 11.9. The number of ketones is 1. The molecular formula is C12H20O2. The fraction of sp³-hybridized carbons (Fsp3) is 0.917. The molecule has 2 rings (SSSR count). The first-order valence-corrected chi connectivity index (χ1v) is 5.80. The Kier molecular flexibility index (Phi) is 2.65. The van der Waals surface area contributed by atoms with Crippen LogP contribution in [0.2, 0.25) is 0 Å². The SMILES string of the molecule is C[C@@H](CC1CCCC1)C(=O)[C@@]1(C)CO1. The van der Waals surface area contributed by atoms with E-state index in [0.717, 1.165) is 12.3 Å². The molecule has 0 N–H and O–H groups in total. The van der Waals surface area contributed by atoms with Crippen molar-refractivity contribution in [3.05, 3.63) is 0 Å². The predicted molar refractivity (Wildman–Crippen MR) is 55.1 cm³/mol. The van der Waals surface area contributed by atoms with E-state index in [4.69, 9.17) is 4.74 Å². The topological polar surface area (TPSA) is 29.6 Å². The molecule has 0 unspecified atom stereocenters. The molecule has 0 radical (unpaired) electrons. The monoisotopic (exact) mass is 196 g/mol. The lowest BCUT2D eigenvalue weighted by Crippen LogP contribution is -2.28. The van der Waals surface area contributed by atoms with Crippen LogP contribution in [0.4, 0.5) is 0 Å². The van der Waals surface area contributed by atoms with Crippen molar-refractivity contribution in [2.45, 2.75) is 51.6 Å². The summed E-state index contributed by atoms with van der Waals surface area (Å²) in [7, 11) is 0. The fourth-order valence-corrected chi connectivity index (χ4v) is 2.62. The minimum atomic E-state index is -0.405. The Morgan fingerprint density at radius 2 is 2.07 bits per heavy atom. The molecule has 1 saturated heterocycles. The van der Waals surface area contributed by atoms with Gasteiger partial charge >= 0.3 is 0 Å². The standard InChI is InChI=1S/C12H20O2/c1-9(7-10-5-3-4-6-10)11(13)12(2)8-14-12/h9-10H,3-8H2,1-2H3/t9-,12+/m0/s1. The Bertz CT molecular complexity index is 224. The van der Waals surface area contributed by atoms with E-state index in [9.17, 15) is 4.79 Å². The molecule has 1 aliphatic carbocycles. The van der Waals surface area contributed by atoms with Crippen LogP contribution in [-0.4, -0.2) is 18.0 Å². The maximum absolute atomic E-state index is 11.9. The van der Waals surface area contributed by atoms with Gasteiger partial charge in [0.25, 0.3) is 0 Å². The van der Waals surface area contributed by atoms with Crippen LogP contribution in [0.5, 0.6) is 0 Å². The van der Waals surface area contributed by atoms with Crippen LogP contribution in [0.1, 0.15) is 46.0 Å². The molecular weight excluding hydrogens is 176 g/mol. The second-order valence-corrected chi connectivity index (χ2v) is 5.17. The summed E-state index contributed by atoms with van der Waals surface area (Å²) >= 11 is 0. The van der Waals surface area contributed by atoms with Crippen LogP contribution in [0.3, 0.4) is 0 Å². The molecule has 1 saturated carbocycles. The number of carbonyl (C=O) groups excluding carboxylic acids is 1. The lowest BCUT2D eigenvalue weighted by Gasteiger charge is -2.16.